The second-order valence-corrected chi connectivity index (χ2v) is 17.7. The molecule has 1 saturated carbocycles. The predicted molar refractivity (Wildman–Crippen MR) is 222 cm³/mol. The molecule has 1 aromatic rings. The van der Waals surface area contributed by atoms with Gasteiger partial charge >= 0.3 is 18.1 Å². The summed E-state index contributed by atoms with van der Waals surface area (Å²) >= 11 is 0. The van der Waals surface area contributed by atoms with Gasteiger partial charge in [0.1, 0.15) is 36.5 Å². The Morgan fingerprint density at radius 1 is 0.730 bits per heavy atom. The molecule has 0 aliphatic heterocycles. The molecule has 0 spiro atoms. The Bertz CT molecular complexity index is 1780. The minimum atomic E-state index is -4.78. The van der Waals surface area contributed by atoms with Crippen LogP contribution in [0.15, 0.2) is 24.3 Å². The number of benzene rings is 1. The van der Waals surface area contributed by atoms with E-state index >= 15 is 0 Å². The Kier molecular flexibility index (Phi) is 21.2. The fraction of sp³-hybridized carbons (Fsp3) is 0.651. The summed E-state index contributed by atoms with van der Waals surface area (Å²) < 4.78 is 39.2. The fourth-order valence-electron chi connectivity index (χ4n) is 7.18. The lowest BCUT2D eigenvalue weighted by Crippen LogP contribution is -2.62. The number of rotatable bonds is 24. The number of aldehydes is 1. The number of aliphatic carboxylic acids is 2. The zero-order valence-electron chi connectivity index (χ0n) is 36.7. The molecule has 0 heterocycles. The number of hydrogen-bond acceptors (Lipinski definition) is 9. The van der Waals surface area contributed by atoms with Crippen molar-refractivity contribution >= 4 is 53.7 Å². The number of halogens is 3. The highest BCUT2D eigenvalue weighted by atomic mass is 19.4. The van der Waals surface area contributed by atoms with Crippen LogP contribution in [0.1, 0.15) is 116 Å². The molecular formula is C43H63F3N6O11. The van der Waals surface area contributed by atoms with Crippen LogP contribution in [0.2, 0.25) is 0 Å². The lowest BCUT2D eigenvalue weighted by Gasteiger charge is -2.34. The first-order valence-electron chi connectivity index (χ1n) is 21.1. The van der Waals surface area contributed by atoms with Crippen molar-refractivity contribution < 1.29 is 66.5 Å². The number of aryl methyl sites for hydroxylation is 1. The van der Waals surface area contributed by atoms with Gasteiger partial charge in [0.05, 0.1) is 18.9 Å². The molecule has 0 radical (unpaired) electrons. The van der Waals surface area contributed by atoms with Crippen molar-refractivity contribution in [3.8, 4) is 0 Å². The smallest absolute Gasteiger partial charge is 0.391 e. The average Bonchev–Trinajstić information content (AvgIpc) is 3.16. The minimum Gasteiger partial charge on any atom is -0.481 e. The van der Waals surface area contributed by atoms with Gasteiger partial charge in [-0.2, -0.15) is 13.2 Å². The van der Waals surface area contributed by atoms with Crippen LogP contribution < -0.4 is 31.9 Å². The zero-order valence-corrected chi connectivity index (χ0v) is 36.7. The van der Waals surface area contributed by atoms with Gasteiger partial charge in [-0.05, 0) is 61.0 Å². The Balaban J connectivity index is 2.44. The lowest BCUT2D eigenvalue weighted by molar-refractivity contribution is -0.147. The normalized spacial score (nSPS) is 16.2. The summed E-state index contributed by atoms with van der Waals surface area (Å²) in [6.45, 7) is 9.85. The van der Waals surface area contributed by atoms with E-state index in [1.807, 2.05) is 5.32 Å². The van der Waals surface area contributed by atoms with Crippen molar-refractivity contribution in [2.75, 3.05) is 0 Å². The first kappa shape index (κ1) is 53.6. The summed E-state index contributed by atoms with van der Waals surface area (Å²) in [5.74, 6) is -8.61. The predicted octanol–water partition coefficient (Wildman–Crippen LogP) is 3.00. The highest BCUT2D eigenvalue weighted by Crippen LogP contribution is 2.26. The molecule has 2 rings (SSSR count). The third-order valence-electron chi connectivity index (χ3n) is 10.5. The number of hydrogen-bond donors (Lipinski definition) is 8. The van der Waals surface area contributed by atoms with Crippen LogP contribution in [0.3, 0.4) is 0 Å². The number of amides is 6. The minimum absolute atomic E-state index is 0.0513. The highest BCUT2D eigenvalue weighted by molar-refractivity contribution is 5.97. The van der Waals surface area contributed by atoms with Crippen molar-refractivity contribution in [2.45, 2.75) is 161 Å². The van der Waals surface area contributed by atoms with Gasteiger partial charge in [0, 0.05) is 19.3 Å². The van der Waals surface area contributed by atoms with Gasteiger partial charge in [-0.3, -0.25) is 38.4 Å². The van der Waals surface area contributed by atoms with Crippen LogP contribution in [-0.4, -0.2) is 106 Å². The lowest BCUT2D eigenvalue weighted by atomic mass is 9.85. The summed E-state index contributed by atoms with van der Waals surface area (Å²) in [7, 11) is 0. The zero-order chi connectivity index (χ0) is 47.7. The summed E-state index contributed by atoms with van der Waals surface area (Å²) in [5, 5.41) is 33.5. The monoisotopic (exact) mass is 896 g/mol. The van der Waals surface area contributed by atoms with Crippen LogP contribution >= 0.6 is 0 Å². The van der Waals surface area contributed by atoms with Crippen LogP contribution in [0.4, 0.5) is 13.2 Å². The summed E-state index contributed by atoms with van der Waals surface area (Å²) in [6, 6.07) is -2.78. The molecule has 1 aromatic carbocycles. The first-order chi connectivity index (χ1) is 29.3. The molecule has 0 bridgehead atoms. The first-order valence-corrected chi connectivity index (χ1v) is 21.1. The number of nitrogens with one attached hydrogen (secondary N) is 6. The maximum absolute atomic E-state index is 14.3. The van der Waals surface area contributed by atoms with Gasteiger partial charge in [0.2, 0.25) is 35.4 Å². The Labute approximate surface area is 365 Å². The molecule has 17 nitrogen and oxygen atoms in total. The molecular weight excluding hydrogens is 833 g/mol. The van der Waals surface area contributed by atoms with Crippen LogP contribution in [0.5, 0.6) is 0 Å². The number of carboxylic acid groups (broad SMARTS) is 2. The number of carboxylic acids is 2. The second kappa shape index (κ2) is 24.9. The van der Waals surface area contributed by atoms with Crippen molar-refractivity contribution in [3.05, 3.63) is 35.4 Å². The maximum atomic E-state index is 14.3. The van der Waals surface area contributed by atoms with Gasteiger partial charge in [-0.1, -0.05) is 78.1 Å². The molecule has 1 aliphatic carbocycles. The number of carbonyl (C=O) groups excluding carboxylic acids is 7. The largest absolute Gasteiger partial charge is 0.481 e. The van der Waals surface area contributed by atoms with E-state index in [2.05, 4.69) is 26.6 Å². The standard InChI is InChI=1S/C43H63F3N6O11/c1-24(2)18-30(38(60)47-28(23-53)22-43(44,45)46)51-41(63)36(42(4,5)6)52-40(62)31(20-27-15-11-10-12-25(27)3)50-37(59)29(16-17-34(55)56)49-39(61)32(21-35(57)58)48-33(54)19-26-13-8-7-9-14-26/h10-12,15,23-24,26,28-32,36H,7-9,13-14,16-22H2,1-6H3,(H,47,60)(H,48,54)(H,49,61)(H,50,59)(H,51,63)(H,52,62)(H,55,56)(H,57,58)/t28?,29-,30-,31-,32-,36+/m0/s1. The Morgan fingerprint density at radius 3 is 1.83 bits per heavy atom. The molecule has 1 fully saturated rings. The van der Waals surface area contributed by atoms with Gasteiger partial charge in [0.25, 0.3) is 0 Å². The van der Waals surface area contributed by atoms with Gasteiger partial charge in [-0.25, -0.2) is 0 Å². The SMILES string of the molecule is Cc1ccccc1C[C@H](NC(=O)[C@H](CCC(=O)O)NC(=O)[C@H](CC(=O)O)NC(=O)CC1CCCCC1)C(=O)N[C@H](C(=O)N[C@@H](CC(C)C)C(=O)NC(C=O)CC(F)(F)F)C(C)(C)C. The van der Waals surface area contributed by atoms with E-state index in [1.54, 1.807) is 65.8 Å². The van der Waals surface area contributed by atoms with E-state index in [0.717, 1.165) is 32.1 Å². The average molecular weight is 897 g/mol. The van der Waals surface area contributed by atoms with Crippen molar-refractivity contribution in [1.29, 1.82) is 0 Å². The van der Waals surface area contributed by atoms with E-state index in [-0.39, 0.29) is 37.4 Å². The molecule has 8 N–H and O–H groups in total. The van der Waals surface area contributed by atoms with Crippen molar-refractivity contribution in [3.63, 3.8) is 0 Å². The Morgan fingerprint density at radius 2 is 1.29 bits per heavy atom. The second-order valence-electron chi connectivity index (χ2n) is 17.7. The number of alkyl halides is 3. The summed E-state index contributed by atoms with van der Waals surface area (Å²) in [5.41, 5.74) is 0.170. The van der Waals surface area contributed by atoms with E-state index in [4.69, 9.17) is 0 Å². The molecule has 6 amide bonds. The van der Waals surface area contributed by atoms with Crippen LogP contribution in [-0.2, 0) is 49.6 Å². The van der Waals surface area contributed by atoms with Crippen LogP contribution in [0, 0.1) is 24.2 Å². The molecule has 0 aromatic heterocycles. The van der Waals surface area contributed by atoms with E-state index in [1.165, 1.54) is 0 Å². The van der Waals surface area contributed by atoms with Crippen molar-refractivity contribution in [2.24, 2.45) is 17.3 Å². The third kappa shape index (κ3) is 20.0. The van der Waals surface area contributed by atoms with E-state index in [9.17, 15) is 66.5 Å². The topological polar surface area (TPSA) is 266 Å². The molecule has 1 aliphatic rings. The Hall–Kier alpha value is -5.56. The summed E-state index contributed by atoms with van der Waals surface area (Å²) in [6.07, 6.45) is -4.19. The molecule has 6 atom stereocenters. The van der Waals surface area contributed by atoms with Gasteiger partial charge in [-0.15, -0.1) is 0 Å². The van der Waals surface area contributed by atoms with E-state index < -0.39 is 121 Å². The van der Waals surface area contributed by atoms with Crippen molar-refractivity contribution in [1.82, 2.24) is 31.9 Å². The quantitative estimate of drug-likeness (QED) is 0.0700. The van der Waals surface area contributed by atoms with E-state index in [0.29, 0.717) is 11.1 Å². The fourth-order valence-corrected chi connectivity index (χ4v) is 7.18. The number of carbonyl (C=O) groups is 9. The van der Waals surface area contributed by atoms with Gasteiger partial charge < -0.3 is 46.9 Å². The molecule has 1 unspecified atom stereocenters. The highest BCUT2D eigenvalue weighted by Gasteiger charge is 2.39. The maximum Gasteiger partial charge on any atom is 0.391 e. The molecule has 352 valence electrons. The molecule has 20 heteroatoms. The van der Waals surface area contributed by atoms with Crippen LogP contribution in [0.25, 0.3) is 0 Å². The van der Waals surface area contributed by atoms with Gasteiger partial charge in [0.15, 0.2) is 0 Å². The third-order valence-corrected chi connectivity index (χ3v) is 10.5. The molecule has 0 saturated heterocycles. The molecule has 63 heavy (non-hydrogen) atoms. The summed E-state index contributed by atoms with van der Waals surface area (Å²) in [4.78, 5) is 117.